The minimum absolute atomic E-state index is 0.0829. The number of benzene rings is 1. The quantitative estimate of drug-likeness (QED) is 0.779. The molecule has 144 valence electrons. The first-order valence-corrected chi connectivity index (χ1v) is 9.22. The number of aromatic nitrogens is 3. The number of piperidine rings is 1. The highest BCUT2D eigenvalue weighted by atomic mass is 16.2. The van der Waals surface area contributed by atoms with Crippen LogP contribution in [-0.2, 0) is 11.8 Å². The first-order chi connectivity index (χ1) is 12.9. The van der Waals surface area contributed by atoms with Gasteiger partial charge in [0.25, 0.3) is 5.91 Å². The molecule has 1 aromatic carbocycles. The first kappa shape index (κ1) is 19.0. The van der Waals surface area contributed by atoms with E-state index in [1.807, 2.05) is 26.1 Å². The number of aryl methyl sites for hydroxylation is 2. The lowest BCUT2D eigenvalue weighted by molar-refractivity contribution is -0.123. The molecule has 0 spiro atoms. The molecule has 0 saturated carbocycles. The molecule has 0 radical (unpaired) electrons. The van der Waals surface area contributed by atoms with Crippen molar-refractivity contribution >= 4 is 11.8 Å². The van der Waals surface area contributed by atoms with Crippen molar-refractivity contribution in [3.8, 4) is 11.4 Å². The fourth-order valence-corrected chi connectivity index (χ4v) is 3.30. The van der Waals surface area contributed by atoms with Gasteiger partial charge < -0.3 is 16.0 Å². The maximum absolute atomic E-state index is 12.5. The minimum Gasteiger partial charge on any atom is -0.369 e. The Morgan fingerprint density at radius 2 is 2.19 bits per heavy atom. The molecule has 1 saturated heterocycles. The van der Waals surface area contributed by atoms with E-state index in [1.54, 1.807) is 16.8 Å². The molecule has 1 atom stereocenters. The van der Waals surface area contributed by atoms with Crippen LogP contribution in [0.2, 0.25) is 0 Å². The fourth-order valence-electron chi connectivity index (χ4n) is 3.30. The summed E-state index contributed by atoms with van der Waals surface area (Å²) in [6.07, 6.45) is 1.81. The van der Waals surface area contributed by atoms with Crippen LogP contribution >= 0.6 is 0 Å². The standard InChI is InChI=1S/C19H26N6O2/c1-13-22-18(23-24(13)2)14-5-3-6-15(11-14)19(27)21-8-10-25-9-4-7-16(12-25)17(20)26/h3,5-6,11,16H,4,7-10,12H2,1-2H3,(H2,20,26)(H,21,27). The second kappa shape index (κ2) is 8.30. The number of carbonyl (C=O) groups is 2. The van der Waals surface area contributed by atoms with Crippen molar-refractivity contribution in [2.45, 2.75) is 19.8 Å². The summed E-state index contributed by atoms with van der Waals surface area (Å²) in [6, 6.07) is 7.30. The summed E-state index contributed by atoms with van der Waals surface area (Å²) in [4.78, 5) is 30.4. The Labute approximate surface area is 158 Å². The molecule has 0 bridgehead atoms. The van der Waals surface area contributed by atoms with E-state index in [9.17, 15) is 9.59 Å². The maximum atomic E-state index is 12.5. The average molecular weight is 370 g/mol. The molecule has 1 unspecified atom stereocenters. The van der Waals surface area contributed by atoms with Crippen LogP contribution in [0.3, 0.4) is 0 Å². The van der Waals surface area contributed by atoms with E-state index < -0.39 is 0 Å². The molecule has 1 aliphatic heterocycles. The fraction of sp³-hybridized carbons (Fsp3) is 0.474. The summed E-state index contributed by atoms with van der Waals surface area (Å²) < 4.78 is 1.71. The molecule has 8 heteroatoms. The zero-order valence-corrected chi connectivity index (χ0v) is 15.8. The van der Waals surface area contributed by atoms with Gasteiger partial charge in [-0.1, -0.05) is 12.1 Å². The van der Waals surface area contributed by atoms with Crippen LogP contribution < -0.4 is 11.1 Å². The maximum Gasteiger partial charge on any atom is 0.251 e. The third-order valence-corrected chi connectivity index (χ3v) is 4.99. The van der Waals surface area contributed by atoms with E-state index in [1.165, 1.54) is 0 Å². The van der Waals surface area contributed by atoms with Crippen molar-refractivity contribution in [3.63, 3.8) is 0 Å². The van der Waals surface area contributed by atoms with Gasteiger partial charge in [-0.25, -0.2) is 4.98 Å². The highest BCUT2D eigenvalue weighted by molar-refractivity contribution is 5.95. The number of likely N-dealkylation sites (tertiary alicyclic amines) is 1. The number of nitrogens with one attached hydrogen (secondary N) is 1. The van der Waals surface area contributed by atoms with Gasteiger partial charge in [0.1, 0.15) is 5.82 Å². The van der Waals surface area contributed by atoms with Gasteiger partial charge in [0.2, 0.25) is 5.91 Å². The van der Waals surface area contributed by atoms with Crippen LogP contribution in [-0.4, -0.2) is 57.7 Å². The molecule has 2 amide bonds. The van der Waals surface area contributed by atoms with Crippen molar-refractivity contribution in [1.82, 2.24) is 25.0 Å². The van der Waals surface area contributed by atoms with Crippen molar-refractivity contribution in [2.24, 2.45) is 18.7 Å². The van der Waals surface area contributed by atoms with E-state index in [4.69, 9.17) is 5.73 Å². The van der Waals surface area contributed by atoms with E-state index in [0.717, 1.165) is 30.8 Å². The molecule has 3 rings (SSSR count). The number of nitrogens with zero attached hydrogens (tertiary/aromatic N) is 4. The number of amides is 2. The van der Waals surface area contributed by atoms with E-state index in [-0.39, 0.29) is 17.7 Å². The monoisotopic (exact) mass is 370 g/mol. The SMILES string of the molecule is Cc1nc(-c2cccc(C(=O)NCCN3CCCC(C(N)=O)C3)c2)nn1C. The summed E-state index contributed by atoms with van der Waals surface area (Å²) >= 11 is 0. The van der Waals surface area contributed by atoms with Crippen LogP contribution in [0.5, 0.6) is 0 Å². The third-order valence-electron chi connectivity index (χ3n) is 4.99. The number of hydrogen-bond acceptors (Lipinski definition) is 5. The Balaban J connectivity index is 1.55. The topological polar surface area (TPSA) is 106 Å². The normalized spacial score (nSPS) is 17.6. The van der Waals surface area contributed by atoms with Gasteiger partial charge in [-0.3, -0.25) is 14.3 Å². The van der Waals surface area contributed by atoms with Crippen LogP contribution in [0.15, 0.2) is 24.3 Å². The molecular weight excluding hydrogens is 344 g/mol. The Kier molecular flexibility index (Phi) is 5.85. The number of carbonyl (C=O) groups excluding carboxylic acids is 2. The summed E-state index contributed by atoms with van der Waals surface area (Å²) in [5.74, 6) is 0.971. The lowest BCUT2D eigenvalue weighted by atomic mass is 9.97. The average Bonchev–Trinajstić information content (AvgIpc) is 3.01. The van der Waals surface area contributed by atoms with Gasteiger partial charge in [-0.15, -0.1) is 0 Å². The number of hydrogen-bond donors (Lipinski definition) is 2. The van der Waals surface area contributed by atoms with Crippen LogP contribution in [0, 0.1) is 12.8 Å². The van der Waals surface area contributed by atoms with Crippen molar-refractivity contribution < 1.29 is 9.59 Å². The molecule has 8 nitrogen and oxygen atoms in total. The van der Waals surface area contributed by atoms with E-state index >= 15 is 0 Å². The molecule has 2 aromatic rings. The lowest BCUT2D eigenvalue weighted by Gasteiger charge is -2.31. The molecule has 2 heterocycles. The summed E-state index contributed by atoms with van der Waals surface area (Å²) in [5, 5.41) is 7.30. The molecule has 0 aliphatic carbocycles. The predicted octanol–water partition coefficient (Wildman–Crippen LogP) is 0.718. The summed E-state index contributed by atoms with van der Waals surface area (Å²) in [7, 11) is 1.84. The Bertz CT molecular complexity index is 812. The second-order valence-corrected chi connectivity index (χ2v) is 6.99. The molecule has 3 N–H and O–H groups in total. The summed E-state index contributed by atoms with van der Waals surface area (Å²) in [6.45, 7) is 4.72. The zero-order chi connectivity index (χ0) is 19.4. The molecule has 1 fully saturated rings. The minimum atomic E-state index is -0.237. The second-order valence-electron chi connectivity index (χ2n) is 6.99. The lowest BCUT2D eigenvalue weighted by Crippen LogP contribution is -2.44. The first-order valence-electron chi connectivity index (χ1n) is 9.22. The van der Waals surface area contributed by atoms with Gasteiger partial charge in [0, 0.05) is 37.8 Å². The van der Waals surface area contributed by atoms with Crippen LogP contribution in [0.4, 0.5) is 0 Å². The van der Waals surface area contributed by atoms with Crippen molar-refractivity contribution in [2.75, 3.05) is 26.2 Å². The molecule has 27 heavy (non-hydrogen) atoms. The van der Waals surface area contributed by atoms with Gasteiger partial charge in [0.15, 0.2) is 5.82 Å². The van der Waals surface area contributed by atoms with Gasteiger partial charge >= 0.3 is 0 Å². The Hall–Kier alpha value is -2.74. The van der Waals surface area contributed by atoms with Gasteiger partial charge in [-0.2, -0.15) is 5.10 Å². The number of primary amides is 1. The van der Waals surface area contributed by atoms with E-state index in [0.29, 0.717) is 31.0 Å². The van der Waals surface area contributed by atoms with Crippen molar-refractivity contribution in [1.29, 1.82) is 0 Å². The Morgan fingerprint density at radius 3 is 2.89 bits per heavy atom. The Morgan fingerprint density at radius 1 is 1.37 bits per heavy atom. The van der Waals surface area contributed by atoms with E-state index in [2.05, 4.69) is 20.3 Å². The predicted molar refractivity (Wildman–Crippen MR) is 102 cm³/mol. The molecule has 1 aromatic heterocycles. The number of nitrogens with two attached hydrogens (primary N) is 1. The zero-order valence-electron chi connectivity index (χ0n) is 15.8. The molecule has 1 aliphatic rings. The van der Waals surface area contributed by atoms with Crippen molar-refractivity contribution in [3.05, 3.63) is 35.7 Å². The van der Waals surface area contributed by atoms with Gasteiger partial charge in [-0.05, 0) is 38.4 Å². The summed E-state index contributed by atoms with van der Waals surface area (Å²) in [5.41, 5.74) is 6.80. The molecular formula is C19H26N6O2. The third kappa shape index (κ3) is 4.71. The highest BCUT2D eigenvalue weighted by Gasteiger charge is 2.23. The van der Waals surface area contributed by atoms with Gasteiger partial charge in [0.05, 0.1) is 5.92 Å². The number of rotatable bonds is 6. The van der Waals surface area contributed by atoms with Crippen LogP contribution in [0.25, 0.3) is 11.4 Å². The highest BCUT2D eigenvalue weighted by Crippen LogP contribution is 2.17. The smallest absolute Gasteiger partial charge is 0.251 e. The largest absolute Gasteiger partial charge is 0.369 e. The van der Waals surface area contributed by atoms with Crippen LogP contribution in [0.1, 0.15) is 29.0 Å².